The van der Waals surface area contributed by atoms with Crippen LogP contribution in [0.1, 0.15) is 28.8 Å². The fraction of sp³-hybridized carbons (Fsp3) is 0.500. The molecule has 0 saturated carbocycles. The molecule has 1 aromatic carbocycles. The molecule has 4 nitrogen and oxygen atoms in total. The quantitative estimate of drug-likeness (QED) is 0.831. The number of nitrogens with two attached hydrogens (primary N) is 1. The number of aliphatic hydroxyl groups is 1. The lowest BCUT2D eigenvalue weighted by atomic mass is 10.0. The summed E-state index contributed by atoms with van der Waals surface area (Å²) in [5, 5.41) is 9.60. The zero-order chi connectivity index (χ0) is 13.0. The van der Waals surface area contributed by atoms with Gasteiger partial charge >= 0.3 is 0 Å². The van der Waals surface area contributed by atoms with E-state index >= 15 is 0 Å². The molecule has 1 aliphatic rings. The highest BCUT2D eigenvalue weighted by Crippen LogP contribution is 2.15. The second-order valence-corrected chi connectivity index (χ2v) is 4.79. The normalized spacial score (nSPS) is 19.9. The molecule has 1 aliphatic heterocycles. The van der Waals surface area contributed by atoms with Gasteiger partial charge in [0.15, 0.2) is 0 Å². The van der Waals surface area contributed by atoms with E-state index in [1.165, 1.54) is 0 Å². The molecule has 1 amide bonds. The molecule has 4 heteroatoms. The van der Waals surface area contributed by atoms with Gasteiger partial charge in [-0.05, 0) is 43.5 Å². The van der Waals surface area contributed by atoms with E-state index in [9.17, 15) is 9.90 Å². The van der Waals surface area contributed by atoms with Crippen molar-refractivity contribution < 1.29 is 9.90 Å². The van der Waals surface area contributed by atoms with Crippen molar-refractivity contribution in [2.75, 3.05) is 19.6 Å². The van der Waals surface area contributed by atoms with Crippen molar-refractivity contribution in [1.82, 2.24) is 4.90 Å². The lowest BCUT2D eigenvalue weighted by molar-refractivity contribution is 0.0473. The van der Waals surface area contributed by atoms with Gasteiger partial charge in [-0.25, -0.2) is 0 Å². The molecule has 1 unspecified atom stereocenters. The summed E-state index contributed by atoms with van der Waals surface area (Å²) in [7, 11) is 0. The topological polar surface area (TPSA) is 66.6 Å². The van der Waals surface area contributed by atoms with Crippen LogP contribution in [0.3, 0.4) is 0 Å². The highest BCUT2D eigenvalue weighted by atomic mass is 16.3. The number of piperidine rings is 1. The standard InChI is InChI=1S/C14H20N2O2/c15-7-6-11-3-1-4-12(9-11)14(18)16-8-2-5-13(17)10-16/h1,3-4,9,13,17H,2,5-8,10,15H2. The van der Waals surface area contributed by atoms with Crippen LogP contribution in [0.25, 0.3) is 0 Å². The van der Waals surface area contributed by atoms with E-state index in [0.717, 1.165) is 31.4 Å². The van der Waals surface area contributed by atoms with Gasteiger partial charge in [0, 0.05) is 18.7 Å². The molecule has 0 spiro atoms. The number of hydrogen-bond acceptors (Lipinski definition) is 3. The van der Waals surface area contributed by atoms with Gasteiger partial charge in [0.1, 0.15) is 0 Å². The smallest absolute Gasteiger partial charge is 0.253 e. The Morgan fingerprint density at radius 2 is 2.33 bits per heavy atom. The van der Waals surface area contributed by atoms with Crippen molar-refractivity contribution in [3.05, 3.63) is 35.4 Å². The van der Waals surface area contributed by atoms with Crippen molar-refractivity contribution in [2.45, 2.75) is 25.4 Å². The van der Waals surface area contributed by atoms with Crippen LogP contribution in [0, 0.1) is 0 Å². The van der Waals surface area contributed by atoms with Crippen molar-refractivity contribution in [3.8, 4) is 0 Å². The minimum absolute atomic E-state index is 0.00706. The van der Waals surface area contributed by atoms with Gasteiger partial charge < -0.3 is 15.7 Å². The van der Waals surface area contributed by atoms with E-state index in [1.54, 1.807) is 4.90 Å². The Balaban J connectivity index is 2.10. The SMILES string of the molecule is NCCc1cccc(C(=O)N2CCCC(O)C2)c1. The number of benzene rings is 1. The Kier molecular flexibility index (Phi) is 4.33. The molecule has 1 saturated heterocycles. The largest absolute Gasteiger partial charge is 0.391 e. The molecule has 0 aromatic heterocycles. The Morgan fingerprint density at radius 1 is 1.50 bits per heavy atom. The van der Waals surface area contributed by atoms with Crippen LogP contribution < -0.4 is 5.73 Å². The highest BCUT2D eigenvalue weighted by Gasteiger charge is 2.22. The average Bonchev–Trinajstić information content (AvgIpc) is 2.39. The van der Waals surface area contributed by atoms with Crippen molar-refractivity contribution in [1.29, 1.82) is 0 Å². The fourth-order valence-corrected chi connectivity index (χ4v) is 2.35. The van der Waals surface area contributed by atoms with Gasteiger partial charge in [-0.3, -0.25) is 4.79 Å². The van der Waals surface area contributed by atoms with E-state index in [1.807, 2.05) is 24.3 Å². The first kappa shape index (κ1) is 13.1. The van der Waals surface area contributed by atoms with Gasteiger partial charge in [0.05, 0.1) is 6.10 Å². The maximum Gasteiger partial charge on any atom is 0.253 e. The molecule has 1 aromatic rings. The van der Waals surface area contributed by atoms with E-state index in [0.29, 0.717) is 18.7 Å². The van der Waals surface area contributed by atoms with Crippen molar-refractivity contribution in [2.24, 2.45) is 5.73 Å². The average molecular weight is 248 g/mol. The van der Waals surface area contributed by atoms with Crippen molar-refractivity contribution >= 4 is 5.91 Å². The Bertz CT molecular complexity index is 420. The first-order chi connectivity index (χ1) is 8.70. The molecule has 2 rings (SSSR count). The number of amides is 1. The third-order valence-electron chi connectivity index (χ3n) is 3.29. The van der Waals surface area contributed by atoms with Crippen LogP contribution in [-0.2, 0) is 6.42 Å². The summed E-state index contributed by atoms with van der Waals surface area (Å²) in [6.45, 7) is 1.76. The van der Waals surface area contributed by atoms with E-state index in [-0.39, 0.29) is 12.0 Å². The first-order valence-electron chi connectivity index (χ1n) is 6.47. The number of β-amino-alcohol motifs (C(OH)–C–C–N with tert-alkyl or cyclic N) is 1. The summed E-state index contributed by atoms with van der Waals surface area (Å²) >= 11 is 0. The lowest BCUT2D eigenvalue weighted by Gasteiger charge is -2.30. The molecule has 0 bridgehead atoms. The summed E-state index contributed by atoms with van der Waals surface area (Å²) in [4.78, 5) is 14.0. The van der Waals surface area contributed by atoms with Crippen LogP contribution in [-0.4, -0.2) is 41.7 Å². The Morgan fingerprint density at radius 3 is 3.06 bits per heavy atom. The second kappa shape index (κ2) is 5.98. The third-order valence-corrected chi connectivity index (χ3v) is 3.29. The minimum Gasteiger partial charge on any atom is -0.391 e. The molecule has 0 radical (unpaired) electrons. The zero-order valence-corrected chi connectivity index (χ0v) is 10.5. The van der Waals surface area contributed by atoms with E-state index in [4.69, 9.17) is 5.73 Å². The van der Waals surface area contributed by atoms with Gasteiger partial charge in [-0.2, -0.15) is 0 Å². The molecule has 98 valence electrons. The zero-order valence-electron chi connectivity index (χ0n) is 10.5. The van der Waals surface area contributed by atoms with Crippen LogP contribution in [0.15, 0.2) is 24.3 Å². The maximum atomic E-state index is 12.3. The van der Waals surface area contributed by atoms with Gasteiger partial charge in [0.2, 0.25) is 0 Å². The first-order valence-corrected chi connectivity index (χ1v) is 6.47. The molecule has 1 atom stereocenters. The maximum absolute atomic E-state index is 12.3. The third kappa shape index (κ3) is 3.09. The highest BCUT2D eigenvalue weighted by molar-refractivity contribution is 5.94. The second-order valence-electron chi connectivity index (χ2n) is 4.79. The molecule has 1 heterocycles. The molecular formula is C14H20N2O2. The van der Waals surface area contributed by atoms with Crippen LogP contribution in [0.2, 0.25) is 0 Å². The van der Waals surface area contributed by atoms with Crippen LogP contribution >= 0.6 is 0 Å². The number of carbonyl (C=O) groups is 1. The van der Waals surface area contributed by atoms with Gasteiger partial charge in [-0.15, -0.1) is 0 Å². The molecule has 1 fully saturated rings. The number of likely N-dealkylation sites (tertiary alicyclic amines) is 1. The molecule has 0 aliphatic carbocycles. The minimum atomic E-state index is -0.380. The van der Waals surface area contributed by atoms with Crippen LogP contribution in [0.5, 0.6) is 0 Å². The van der Waals surface area contributed by atoms with E-state index in [2.05, 4.69) is 0 Å². The summed E-state index contributed by atoms with van der Waals surface area (Å²) in [6.07, 6.45) is 2.06. The Hall–Kier alpha value is -1.39. The number of carbonyl (C=O) groups excluding carboxylic acids is 1. The molecular weight excluding hydrogens is 228 g/mol. The summed E-state index contributed by atoms with van der Waals surface area (Å²) in [5.74, 6) is 0.00706. The molecule has 18 heavy (non-hydrogen) atoms. The predicted molar refractivity (Wildman–Crippen MR) is 70.3 cm³/mol. The molecule has 3 N–H and O–H groups in total. The monoisotopic (exact) mass is 248 g/mol. The number of rotatable bonds is 3. The van der Waals surface area contributed by atoms with Crippen LogP contribution in [0.4, 0.5) is 0 Å². The number of aliphatic hydroxyl groups excluding tert-OH is 1. The number of nitrogens with zero attached hydrogens (tertiary/aromatic N) is 1. The Labute approximate surface area is 107 Å². The summed E-state index contributed by atoms with van der Waals surface area (Å²) in [6, 6.07) is 7.59. The number of hydrogen-bond donors (Lipinski definition) is 2. The fourth-order valence-electron chi connectivity index (χ4n) is 2.35. The predicted octanol–water partition coefficient (Wildman–Crippen LogP) is 0.785. The van der Waals surface area contributed by atoms with Gasteiger partial charge in [-0.1, -0.05) is 12.1 Å². The van der Waals surface area contributed by atoms with Crippen molar-refractivity contribution in [3.63, 3.8) is 0 Å². The summed E-state index contributed by atoms with van der Waals surface area (Å²) in [5.41, 5.74) is 7.29. The lowest BCUT2D eigenvalue weighted by Crippen LogP contribution is -2.42. The van der Waals surface area contributed by atoms with Gasteiger partial charge in [0.25, 0.3) is 5.91 Å². The van der Waals surface area contributed by atoms with E-state index < -0.39 is 0 Å². The summed E-state index contributed by atoms with van der Waals surface area (Å²) < 4.78 is 0.